The van der Waals surface area contributed by atoms with Gasteiger partial charge in [0.2, 0.25) is 5.91 Å². The van der Waals surface area contributed by atoms with Crippen LogP contribution in [0, 0.1) is 0 Å². The second-order valence-electron chi connectivity index (χ2n) is 7.18. The summed E-state index contributed by atoms with van der Waals surface area (Å²) in [6.07, 6.45) is 2.34. The molecule has 1 saturated heterocycles. The SMILES string of the molecule is CCCNC(=O)C1CCCN1C(=O)c1ccc(NC(=O)c2ccccc2OC)cc1. The van der Waals surface area contributed by atoms with Crippen molar-refractivity contribution in [3.8, 4) is 5.75 Å². The van der Waals surface area contributed by atoms with Crippen LogP contribution in [0.3, 0.4) is 0 Å². The molecule has 1 aliphatic rings. The number of rotatable bonds is 7. The Labute approximate surface area is 176 Å². The number of nitrogens with zero attached hydrogens (tertiary/aromatic N) is 1. The van der Waals surface area contributed by atoms with Crippen LogP contribution in [0.5, 0.6) is 5.75 Å². The first-order chi connectivity index (χ1) is 14.5. The number of hydrogen-bond acceptors (Lipinski definition) is 4. The molecule has 0 aliphatic carbocycles. The summed E-state index contributed by atoms with van der Waals surface area (Å²) in [6.45, 7) is 3.17. The Morgan fingerprint density at radius 2 is 1.83 bits per heavy atom. The summed E-state index contributed by atoms with van der Waals surface area (Å²) in [6, 6.07) is 13.2. The summed E-state index contributed by atoms with van der Waals surface area (Å²) in [5, 5.41) is 5.69. The fraction of sp³-hybridized carbons (Fsp3) is 0.348. The summed E-state index contributed by atoms with van der Waals surface area (Å²) < 4.78 is 5.22. The second-order valence-corrected chi connectivity index (χ2v) is 7.18. The number of anilines is 1. The first-order valence-corrected chi connectivity index (χ1v) is 10.2. The molecule has 158 valence electrons. The average molecular weight is 409 g/mol. The first-order valence-electron chi connectivity index (χ1n) is 10.2. The van der Waals surface area contributed by atoms with E-state index in [0.29, 0.717) is 42.1 Å². The van der Waals surface area contributed by atoms with Gasteiger partial charge in [0, 0.05) is 24.3 Å². The van der Waals surface area contributed by atoms with E-state index >= 15 is 0 Å². The van der Waals surface area contributed by atoms with Crippen LogP contribution >= 0.6 is 0 Å². The minimum Gasteiger partial charge on any atom is -0.496 e. The molecule has 0 bridgehead atoms. The van der Waals surface area contributed by atoms with E-state index in [4.69, 9.17) is 4.74 Å². The molecule has 2 aromatic rings. The molecule has 30 heavy (non-hydrogen) atoms. The summed E-state index contributed by atoms with van der Waals surface area (Å²) in [7, 11) is 1.51. The zero-order valence-electron chi connectivity index (χ0n) is 17.3. The summed E-state index contributed by atoms with van der Waals surface area (Å²) >= 11 is 0. The van der Waals surface area contributed by atoms with Crippen molar-refractivity contribution in [3.05, 3.63) is 59.7 Å². The number of carbonyl (C=O) groups is 3. The highest BCUT2D eigenvalue weighted by Gasteiger charge is 2.34. The van der Waals surface area contributed by atoms with E-state index in [1.807, 2.05) is 6.92 Å². The molecule has 7 heteroatoms. The van der Waals surface area contributed by atoms with Crippen LogP contribution in [0.2, 0.25) is 0 Å². The van der Waals surface area contributed by atoms with Crippen LogP contribution in [0.25, 0.3) is 0 Å². The predicted octanol–water partition coefficient (Wildman–Crippen LogP) is 3.08. The molecule has 1 fully saturated rings. The molecule has 1 atom stereocenters. The molecule has 1 heterocycles. The van der Waals surface area contributed by atoms with E-state index in [2.05, 4.69) is 10.6 Å². The molecule has 1 aliphatic heterocycles. The van der Waals surface area contributed by atoms with Gasteiger partial charge in [0.25, 0.3) is 11.8 Å². The summed E-state index contributed by atoms with van der Waals surface area (Å²) in [4.78, 5) is 39.4. The Balaban J connectivity index is 1.67. The van der Waals surface area contributed by atoms with Crippen LogP contribution in [-0.2, 0) is 4.79 Å². The minimum absolute atomic E-state index is 0.0941. The fourth-order valence-corrected chi connectivity index (χ4v) is 3.54. The maximum Gasteiger partial charge on any atom is 0.259 e. The van der Waals surface area contributed by atoms with Gasteiger partial charge in [-0.2, -0.15) is 0 Å². The van der Waals surface area contributed by atoms with Crippen molar-refractivity contribution in [2.24, 2.45) is 0 Å². The molecule has 7 nitrogen and oxygen atoms in total. The van der Waals surface area contributed by atoms with Gasteiger partial charge in [-0.3, -0.25) is 14.4 Å². The van der Waals surface area contributed by atoms with E-state index < -0.39 is 6.04 Å². The summed E-state index contributed by atoms with van der Waals surface area (Å²) in [5.74, 6) is -0.0721. The number of hydrogen-bond donors (Lipinski definition) is 2. The Bertz CT molecular complexity index is 911. The maximum absolute atomic E-state index is 12.9. The smallest absolute Gasteiger partial charge is 0.259 e. The monoisotopic (exact) mass is 409 g/mol. The lowest BCUT2D eigenvalue weighted by Gasteiger charge is -2.24. The Morgan fingerprint density at radius 1 is 1.10 bits per heavy atom. The van der Waals surface area contributed by atoms with Crippen molar-refractivity contribution in [3.63, 3.8) is 0 Å². The van der Waals surface area contributed by atoms with Crippen LogP contribution < -0.4 is 15.4 Å². The van der Waals surface area contributed by atoms with Gasteiger partial charge in [0.05, 0.1) is 12.7 Å². The molecular formula is C23H27N3O4. The van der Waals surface area contributed by atoms with Crippen molar-refractivity contribution in [1.82, 2.24) is 10.2 Å². The lowest BCUT2D eigenvalue weighted by Crippen LogP contribution is -2.46. The molecule has 0 spiro atoms. The van der Waals surface area contributed by atoms with E-state index in [1.165, 1.54) is 7.11 Å². The van der Waals surface area contributed by atoms with Crippen molar-refractivity contribution < 1.29 is 19.1 Å². The van der Waals surface area contributed by atoms with Gasteiger partial charge in [-0.15, -0.1) is 0 Å². The zero-order chi connectivity index (χ0) is 21.5. The van der Waals surface area contributed by atoms with Gasteiger partial charge in [0.15, 0.2) is 0 Å². The van der Waals surface area contributed by atoms with E-state index in [9.17, 15) is 14.4 Å². The van der Waals surface area contributed by atoms with Crippen LogP contribution in [0.4, 0.5) is 5.69 Å². The largest absolute Gasteiger partial charge is 0.496 e. The van der Waals surface area contributed by atoms with Crippen LogP contribution in [-0.4, -0.2) is 48.9 Å². The standard InChI is InChI=1S/C23H27N3O4/c1-3-14-24-22(28)19-8-6-15-26(19)23(29)16-10-12-17(13-11-16)25-21(27)18-7-4-5-9-20(18)30-2/h4-5,7,9-13,19H,3,6,8,14-15H2,1-2H3,(H,24,28)(H,25,27). The summed E-state index contributed by atoms with van der Waals surface area (Å²) in [5.41, 5.74) is 1.49. The van der Waals surface area contributed by atoms with Gasteiger partial charge in [-0.05, 0) is 55.7 Å². The Kier molecular flexibility index (Phi) is 7.06. The maximum atomic E-state index is 12.9. The topological polar surface area (TPSA) is 87.7 Å². The van der Waals surface area contributed by atoms with Crippen LogP contribution in [0.15, 0.2) is 48.5 Å². The minimum atomic E-state index is -0.422. The number of para-hydroxylation sites is 1. The lowest BCUT2D eigenvalue weighted by atomic mass is 10.1. The third kappa shape index (κ3) is 4.79. The highest BCUT2D eigenvalue weighted by Crippen LogP contribution is 2.22. The predicted molar refractivity (Wildman–Crippen MR) is 115 cm³/mol. The molecule has 3 amide bonds. The van der Waals surface area contributed by atoms with E-state index in [-0.39, 0.29) is 17.7 Å². The molecular weight excluding hydrogens is 382 g/mol. The quantitative estimate of drug-likeness (QED) is 0.736. The number of methoxy groups -OCH3 is 1. The van der Waals surface area contributed by atoms with Crippen molar-refractivity contribution in [1.29, 1.82) is 0 Å². The number of ether oxygens (including phenoxy) is 1. The van der Waals surface area contributed by atoms with Gasteiger partial charge in [0.1, 0.15) is 11.8 Å². The fourth-order valence-electron chi connectivity index (χ4n) is 3.54. The third-order valence-corrected chi connectivity index (χ3v) is 5.11. The normalized spacial score (nSPS) is 15.5. The second kappa shape index (κ2) is 9.91. The highest BCUT2D eigenvalue weighted by atomic mass is 16.5. The van der Waals surface area contributed by atoms with Gasteiger partial charge >= 0.3 is 0 Å². The molecule has 2 aromatic carbocycles. The third-order valence-electron chi connectivity index (χ3n) is 5.11. The number of carbonyl (C=O) groups excluding carboxylic acids is 3. The van der Waals surface area contributed by atoms with Crippen LogP contribution in [0.1, 0.15) is 46.9 Å². The molecule has 3 rings (SSSR count). The molecule has 0 radical (unpaired) electrons. The van der Waals surface area contributed by atoms with E-state index in [0.717, 1.165) is 12.8 Å². The van der Waals surface area contributed by atoms with E-state index in [1.54, 1.807) is 53.4 Å². The molecule has 1 unspecified atom stereocenters. The highest BCUT2D eigenvalue weighted by molar-refractivity contribution is 6.06. The average Bonchev–Trinajstić information content (AvgIpc) is 3.27. The number of likely N-dealkylation sites (tertiary alicyclic amines) is 1. The van der Waals surface area contributed by atoms with Crippen molar-refractivity contribution >= 4 is 23.4 Å². The van der Waals surface area contributed by atoms with Crippen molar-refractivity contribution in [2.45, 2.75) is 32.2 Å². The van der Waals surface area contributed by atoms with Gasteiger partial charge in [-0.1, -0.05) is 19.1 Å². The van der Waals surface area contributed by atoms with Gasteiger partial charge < -0.3 is 20.3 Å². The van der Waals surface area contributed by atoms with Crippen molar-refractivity contribution in [2.75, 3.05) is 25.5 Å². The molecule has 0 saturated carbocycles. The number of benzene rings is 2. The molecule has 0 aromatic heterocycles. The number of amides is 3. The Hall–Kier alpha value is -3.35. The Morgan fingerprint density at radius 3 is 2.53 bits per heavy atom. The zero-order valence-corrected chi connectivity index (χ0v) is 17.3. The number of nitrogens with one attached hydrogen (secondary N) is 2. The first kappa shape index (κ1) is 21.4. The molecule has 2 N–H and O–H groups in total. The van der Waals surface area contributed by atoms with Gasteiger partial charge in [-0.25, -0.2) is 0 Å². The lowest BCUT2D eigenvalue weighted by molar-refractivity contribution is -0.124.